The Kier molecular flexibility index (Phi) is 2.02. The zero-order valence-electron chi connectivity index (χ0n) is 5.69. The van der Waals surface area contributed by atoms with Crippen LogP contribution in [-0.4, -0.2) is 12.0 Å². The van der Waals surface area contributed by atoms with Crippen molar-refractivity contribution in [3.63, 3.8) is 0 Å². The molecule has 1 unspecified atom stereocenters. The normalized spacial score (nSPS) is 25.7. The number of alkyl halides is 3. The fourth-order valence-corrected chi connectivity index (χ4v) is 1.05. The summed E-state index contributed by atoms with van der Waals surface area (Å²) in [7, 11) is 0. The van der Waals surface area contributed by atoms with Crippen LogP contribution < -0.4 is 0 Å². The lowest BCUT2D eigenvalue weighted by Gasteiger charge is -2.18. The average Bonchev–Trinajstić information content (AvgIpc) is 1.86. The largest absolute Gasteiger partial charge is 0.398 e. The van der Waals surface area contributed by atoms with E-state index >= 15 is 0 Å². The van der Waals surface area contributed by atoms with Crippen LogP contribution in [0.25, 0.3) is 0 Å². The van der Waals surface area contributed by atoms with E-state index in [-0.39, 0.29) is 6.42 Å². The van der Waals surface area contributed by atoms with Gasteiger partial charge in [0.15, 0.2) is 5.78 Å². The summed E-state index contributed by atoms with van der Waals surface area (Å²) >= 11 is 0. The molecular formula is C7H7F3O. The van der Waals surface area contributed by atoms with E-state index in [9.17, 15) is 18.0 Å². The molecule has 0 N–H and O–H groups in total. The summed E-state index contributed by atoms with van der Waals surface area (Å²) in [5.74, 6) is -2.57. The first-order valence-electron chi connectivity index (χ1n) is 3.29. The van der Waals surface area contributed by atoms with E-state index in [1.807, 2.05) is 0 Å². The monoisotopic (exact) mass is 164 g/mol. The van der Waals surface area contributed by atoms with Crippen LogP contribution in [0.4, 0.5) is 13.2 Å². The van der Waals surface area contributed by atoms with Crippen molar-refractivity contribution in [2.75, 3.05) is 0 Å². The van der Waals surface area contributed by atoms with Crippen molar-refractivity contribution < 1.29 is 18.0 Å². The number of carbonyl (C=O) groups excluding carboxylic acids is 1. The third kappa shape index (κ3) is 1.82. The van der Waals surface area contributed by atoms with E-state index in [1.165, 1.54) is 6.08 Å². The van der Waals surface area contributed by atoms with Gasteiger partial charge in [0.1, 0.15) is 5.92 Å². The highest BCUT2D eigenvalue weighted by Crippen LogP contribution is 2.32. The number of carbonyl (C=O) groups is 1. The van der Waals surface area contributed by atoms with Crippen LogP contribution >= 0.6 is 0 Å². The van der Waals surface area contributed by atoms with Gasteiger partial charge in [-0.1, -0.05) is 6.08 Å². The van der Waals surface area contributed by atoms with E-state index in [2.05, 4.69) is 0 Å². The van der Waals surface area contributed by atoms with Crippen molar-refractivity contribution in [2.45, 2.75) is 19.0 Å². The van der Waals surface area contributed by atoms with Gasteiger partial charge < -0.3 is 0 Å². The Morgan fingerprint density at radius 3 is 2.45 bits per heavy atom. The molecule has 1 atom stereocenters. The summed E-state index contributed by atoms with van der Waals surface area (Å²) in [6.45, 7) is 0. The molecule has 0 saturated heterocycles. The van der Waals surface area contributed by atoms with E-state index in [1.54, 1.807) is 0 Å². The van der Waals surface area contributed by atoms with Crippen molar-refractivity contribution in [3.8, 4) is 0 Å². The molecule has 0 spiro atoms. The number of hydrogen-bond acceptors (Lipinski definition) is 1. The Morgan fingerprint density at radius 2 is 2.09 bits per heavy atom. The minimum absolute atomic E-state index is 0.0984. The Morgan fingerprint density at radius 1 is 1.45 bits per heavy atom. The first-order chi connectivity index (χ1) is 5.02. The van der Waals surface area contributed by atoms with Crippen LogP contribution in [0.1, 0.15) is 12.8 Å². The van der Waals surface area contributed by atoms with E-state index in [0.29, 0.717) is 6.42 Å². The second-order valence-electron chi connectivity index (χ2n) is 2.48. The third-order valence-corrected chi connectivity index (χ3v) is 1.64. The van der Waals surface area contributed by atoms with E-state index < -0.39 is 17.9 Å². The fraction of sp³-hybridized carbons (Fsp3) is 0.571. The summed E-state index contributed by atoms with van der Waals surface area (Å²) < 4.78 is 35.8. The van der Waals surface area contributed by atoms with Crippen molar-refractivity contribution in [1.29, 1.82) is 0 Å². The van der Waals surface area contributed by atoms with Gasteiger partial charge in [-0.05, 0) is 18.9 Å². The van der Waals surface area contributed by atoms with Gasteiger partial charge in [0.05, 0.1) is 0 Å². The number of ketones is 1. The molecule has 0 aromatic rings. The molecule has 1 rings (SSSR count). The maximum Gasteiger partial charge on any atom is 0.398 e. The highest BCUT2D eigenvalue weighted by molar-refractivity contribution is 5.92. The number of hydrogen-bond donors (Lipinski definition) is 0. The molecular weight excluding hydrogens is 157 g/mol. The summed E-state index contributed by atoms with van der Waals surface area (Å²) in [6, 6.07) is 0. The number of halogens is 3. The predicted molar refractivity (Wildman–Crippen MR) is 32.9 cm³/mol. The zero-order chi connectivity index (χ0) is 8.48. The van der Waals surface area contributed by atoms with Crippen LogP contribution in [-0.2, 0) is 4.79 Å². The van der Waals surface area contributed by atoms with Crippen molar-refractivity contribution in [3.05, 3.63) is 12.2 Å². The summed E-state index contributed by atoms with van der Waals surface area (Å²) in [4.78, 5) is 10.6. The highest BCUT2D eigenvalue weighted by Gasteiger charge is 2.43. The third-order valence-electron chi connectivity index (χ3n) is 1.64. The molecule has 1 nitrogen and oxygen atoms in total. The molecule has 0 amide bonds. The minimum atomic E-state index is -4.36. The fourth-order valence-electron chi connectivity index (χ4n) is 1.05. The Balaban J connectivity index is 2.74. The lowest BCUT2D eigenvalue weighted by atomic mass is 9.93. The average molecular weight is 164 g/mol. The Hall–Kier alpha value is -0.800. The van der Waals surface area contributed by atoms with Gasteiger partial charge in [0.2, 0.25) is 0 Å². The lowest BCUT2D eigenvalue weighted by molar-refractivity contribution is -0.180. The lowest BCUT2D eigenvalue weighted by Crippen LogP contribution is -2.30. The predicted octanol–water partition coefficient (Wildman–Crippen LogP) is 2.08. The minimum Gasteiger partial charge on any atom is -0.294 e. The molecule has 0 aromatic carbocycles. The molecule has 0 aromatic heterocycles. The maximum absolute atomic E-state index is 11.9. The smallest absolute Gasteiger partial charge is 0.294 e. The number of rotatable bonds is 0. The Bertz CT molecular complexity index is 192. The van der Waals surface area contributed by atoms with Crippen molar-refractivity contribution >= 4 is 5.78 Å². The van der Waals surface area contributed by atoms with E-state index in [0.717, 1.165) is 6.08 Å². The second-order valence-corrected chi connectivity index (χ2v) is 2.48. The van der Waals surface area contributed by atoms with Crippen molar-refractivity contribution in [2.24, 2.45) is 5.92 Å². The van der Waals surface area contributed by atoms with Gasteiger partial charge in [-0.3, -0.25) is 4.79 Å². The van der Waals surface area contributed by atoms with Gasteiger partial charge in [0.25, 0.3) is 0 Å². The number of allylic oxidation sites excluding steroid dienone is 2. The first-order valence-corrected chi connectivity index (χ1v) is 3.29. The SMILES string of the molecule is O=C1C=CCCC1C(F)(F)F. The topological polar surface area (TPSA) is 17.1 Å². The van der Waals surface area contributed by atoms with Crippen molar-refractivity contribution in [1.82, 2.24) is 0 Å². The van der Waals surface area contributed by atoms with Crippen LogP contribution in [0, 0.1) is 5.92 Å². The zero-order valence-corrected chi connectivity index (χ0v) is 5.69. The molecule has 0 saturated carbocycles. The molecule has 0 aliphatic heterocycles. The Labute approximate surface area is 61.9 Å². The van der Waals surface area contributed by atoms with E-state index in [4.69, 9.17) is 0 Å². The summed E-state index contributed by atoms with van der Waals surface area (Å²) in [5, 5.41) is 0. The summed E-state index contributed by atoms with van der Waals surface area (Å²) in [6.07, 6.45) is -1.62. The molecule has 0 bridgehead atoms. The molecule has 11 heavy (non-hydrogen) atoms. The first kappa shape index (κ1) is 8.30. The summed E-state index contributed by atoms with van der Waals surface area (Å²) in [5.41, 5.74) is 0. The highest BCUT2D eigenvalue weighted by atomic mass is 19.4. The van der Waals surface area contributed by atoms with Gasteiger partial charge in [-0.25, -0.2) is 0 Å². The molecule has 62 valence electrons. The van der Waals surface area contributed by atoms with Crippen LogP contribution in [0.15, 0.2) is 12.2 Å². The molecule has 0 fully saturated rings. The molecule has 1 aliphatic carbocycles. The van der Waals surface area contributed by atoms with Gasteiger partial charge in [-0.15, -0.1) is 0 Å². The van der Waals surface area contributed by atoms with Crippen LogP contribution in [0.5, 0.6) is 0 Å². The van der Waals surface area contributed by atoms with Gasteiger partial charge in [0, 0.05) is 0 Å². The van der Waals surface area contributed by atoms with Gasteiger partial charge >= 0.3 is 6.18 Å². The van der Waals surface area contributed by atoms with Gasteiger partial charge in [-0.2, -0.15) is 13.2 Å². The second kappa shape index (κ2) is 2.68. The molecule has 0 radical (unpaired) electrons. The standard InChI is InChI=1S/C7H7F3O/c8-7(9,10)5-3-1-2-4-6(5)11/h2,4-5H,1,3H2. The molecule has 0 heterocycles. The molecule has 4 heteroatoms. The van der Waals surface area contributed by atoms with Crippen LogP contribution in [0.2, 0.25) is 0 Å². The molecule has 1 aliphatic rings. The quantitative estimate of drug-likeness (QED) is 0.535. The van der Waals surface area contributed by atoms with Crippen LogP contribution in [0.3, 0.4) is 0 Å². The maximum atomic E-state index is 11.9.